The van der Waals surface area contributed by atoms with Crippen molar-refractivity contribution in [2.45, 2.75) is 30.1 Å². The van der Waals surface area contributed by atoms with Gasteiger partial charge in [0.15, 0.2) is 0 Å². The lowest BCUT2D eigenvalue weighted by molar-refractivity contribution is -0.148. The molecular formula is C14H17NO3S3. The third-order valence-electron chi connectivity index (χ3n) is 4.03. The van der Waals surface area contributed by atoms with E-state index in [2.05, 4.69) is 5.32 Å². The van der Waals surface area contributed by atoms with Crippen LogP contribution >= 0.6 is 34.9 Å². The van der Waals surface area contributed by atoms with Crippen molar-refractivity contribution in [2.75, 3.05) is 17.3 Å². The maximum absolute atomic E-state index is 12.6. The molecule has 2 aliphatic heterocycles. The van der Waals surface area contributed by atoms with Crippen molar-refractivity contribution < 1.29 is 14.7 Å². The average Bonchev–Trinajstić information content (AvgIpc) is 2.96. The largest absolute Gasteiger partial charge is 0.480 e. The van der Waals surface area contributed by atoms with E-state index in [1.165, 1.54) is 4.88 Å². The molecule has 0 bridgehead atoms. The smallest absolute Gasteiger partial charge is 0.329 e. The number of thiophene rings is 1. The van der Waals surface area contributed by atoms with E-state index in [-0.39, 0.29) is 11.2 Å². The predicted octanol–water partition coefficient (Wildman–Crippen LogP) is 2.55. The van der Waals surface area contributed by atoms with Crippen LogP contribution in [0.15, 0.2) is 11.4 Å². The van der Waals surface area contributed by atoms with Crippen LogP contribution in [0.1, 0.15) is 28.5 Å². The van der Waals surface area contributed by atoms with Crippen molar-refractivity contribution >= 4 is 46.7 Å². The Morgan fingerprint density at radius 2 is 2.05 bits per heavy atom. The summed E-state index contributed by atoms with van der Waals surface area (Å²) < 4.78 is 0. The SMILES string of the molecule is O=C(NC1(C(=O)O)CCSCC1)C1SCCc2sccc21. The molecule has 1 fully saturated rings. The van der Waals surface area contributed by atoms with E-state index in [9.17, 15) is 14.7 Å². The number of amides is 1. The van der Waals surface area contributed by atoms with Gasteiger partial charge >= 0.3 is 5.97 Å². The standard InChI is InChI=1S/C14H17NO3S3/c16-12(11-9-1-5-20-10(9)2-6-21-11)15-14(13(17)18)3-7-19-8-4-14/h1,5,11H,2-4,6-8H2,(H,15,16)(H,17,18). The normalized spacial score (nSPS) is 24.1. The number of fused-ring (bicyclic) bond motifs is 1. The zero-order chi connectivity index (χ0) is 14.9. The second-order valence-corrected chi connectivity index (χ2v) is 8.73. The molecule has 1 amide bonds. The minimum atomic E-state index is -1.07. The average molecular weight is 343 g/mol. The molecule has 1 aromatic heterocycles. The van der Waals surface area contributed by atoms with E-state index < -0.39 is 11.5 Å². The number of carbonyl (C=O) groups excluding carboxylic acids is 1. The first-order chi connectivity index (χ1) is 10.1. The van der Waals surface area contributed by atoms with E-state index in [0.717, 1.165) is 29.2 Å². The van der Waals surface area contributed by atoms with Crippen molar-refractivity contribution in [3.05, 3.63) is 21.9 Å². The number of thioether (sulfide) groups is 2. The van der Waals surface area contributed by atoms with E-state index >= 15 is 0 Å². The number of hydrogen-bond donors (Lipinski definition) is 2. The summed E-state index contributed by atoms with van der Waals surface area (Å²) in [5, 5.41) is 14.2. The molecular weight excluding hydrogens is 326 g/mol. The first-order valence-electron chi connectivity index (χ1n) is 6.93. The Kier molecular flexibility index (Phi) is 4.51. The summed E-state index contributed by atoms with van der Waals surface area (Å²) in [5.74, 6) is 1.44. The molecule has 3 heterocycles. The van der Waals surface area contributed by atoms with Gasteiger partial charge in [-0.25, -0.2) is 4.79 Å². The molecule has 0 spiro atoms. The number of hydrogen-bond acceptors (Lipinski definition) is 5. The highest BCUT2D eigenvalue weighted by Crippen LogP contribution is 2.40. The highest BCUT2D eigenvalue weighted by Gasteiger charge is 2.43. The van der Waals surface area contributed by atoms with Crippen molar-refractivity contribution in [3.63, 3.8) is 0 Å². The molecule has 0 aliphatic carbocycles. The van der Waals surface area contributed by atoms with Gasteiger partial charge in [-0.15, -0.1) is 23.1 Å². The first kappa shape index (κ1) is 15.2. The Morgan fingerprint density at radius 1 is 1.29 bits per heavy atom. The third kappa shape index (κ3) is 2.96. The molecule has 1 saturated heterocycles. The quantitative estimate of drug-likeness (QED) is 0.883. The topological polar surface area (TPSA) is 66.4 Å². The molecule has 4 nitrogen and oxygen atoms in total. The summed E-state index contributed by atoms with van der Waals surface area (Å²) in [6.45, 7) is 0. The van der Waals surface area contributed by atoms with Gasteiger partial charge in [0.2, 0.25) is 5.91 Å². The van der Waals surface area contributed by atoms with E-state index in [0.29, 0.717) is 12.8 Å². The summed E-state index contributed by atoms with van der Waals surface area (Å²) in [7, 11) is 0. The monoisotopic (exact) mass is 343 g/mol. The Bertz CT molecular complexity index is 551. The minimum Gasteiger partial charge on any atom is -0.480 e. The van der Waals surface area contributed by atoms with Crippen LogP contribution in [0.4, 0.5) is 0 Å². The lowest BCUT2D eigenvalue weighted by atomic mass is 9.92. The Balaban J connectivity index is 1.78. The van der Waals surface area contributed by atoms with Gasteiger partial charge in [0.25, 0.3) is 0 Å². The number of nitrogens with one attached hydrogen (secondary N) is 1. The fourth-order valence-electron chi connectivity index (χ4n) is 2.78. The number of carboxylic acids is 1. The maximum atomic E-state index is 12.6. The maximum Gasteiger partial charge on any atom is 0.329 e. The highest BCUT2D eigenvalue weighted by molar-refractivity contribution is 8.00. The van der Waals surface area contributed by atoms with Crippen LogP contribution in [0.5, 0.6) is 0 Å². The Morgan fingerprint density at radius 3 is 2.76 bits per heavy atom. The Hall–Kier alpha value is -0.660. The van der Waals surface area contributed by atoms with Gasteiger partial charge < -0.3 is 10.4 Å². The molecule has 7 heteroatoms. The van der Waals surface area contributed by atoms with Gasteiger partial charge in [-0.05, 0) is 53.5 Å². The lowest BCUT2D eigenvalue weighted by Gasteiger charge is -2.35. The van der Waals surface area contributed by atoms with Crippen LogP contribution in [0.3, 0.4) is 0 Å². The molecule has 21 heavy (non-hydrogen) atoms. The van der Waals surface area contributed by atoms with Crippen LogP contribution in [0, 0.1) is 0 Å². The summed E-state index contributed by atoms with van der Waals surface area (Å²) in [5.41, 5.74) is -0.00393. The lowest BCUT2D eigenvalue weighted by Crippen LogP contribution is -2.57. The van der Waals surface area contributed by atoms with Crippen LogP contribution in [0.25, 0.3) is 0 Å². The second-order valence-electron chi connectivity index (χ2n) is 5.29. The van der Waals surface area contributed by atoms with Gasteiger partial charge in [-0.2, -0.15) is 11.8 Å². The second kappa shape index (κ2) is 6.22. The fourth-order valence-corrected chi connectivity index (χ4v) is 6.26. The molecule has 0 aromatic carbocycles. The van der Waals surface area contributed by atoms with Crippen molar-refractivity contribution in [2.24, 2.45) is 0 Å². The van der Waals surface area contributed by atoms with Crippen LogP contribution < -0.4 is 5.32 Å². The molecule has 1 aromatic rings. The van der Waals surface area contributed by atoms with Gasteiger partial charge in [-0.1, -0.05) is 0 Å². The van der Waals surface area contributed by atoms with Crippen molar-refractivity contribution in [1.82, 2.24) is 5.32 Å². The van der Waals surface area contributed by atoms with E-state index in [1.54, 1.807) is 34.9 Å². The minimum absolute atomic E-state index is 0.145. The summed E-state index contributed by atoms with van der Waals surface area (Å²) >= 11 is 5.05. The molecule has 1 unspecified atom stereocenters. The number of carbonyl (C=O) groups is 2. The fraction of sp³-hybridized carbons (Fsp3) is 0.571. The zero-order valence-corrected chi connectivity index (χ0v) is 13.9. The van der Waals surface area contributed by atoms with Crippen molar-refractivity contribution in [3.8, 4) is 0 Å². The number of carboxylic acid groups (broad SMARTS) is 1. The van der Waals surface area contributed by atoms with Crippen LogP contribution in [0.2, 0.25) is 0 Å². The van der Waals surface area contributed by atoms with Gasteiger partial charge in [0.1, 0.15) is 10.8 Å². The predicted molar refractivity (Wildman–Crippen MR) is 88.3 cm³/mol. The van der Waals surface area contributed by atoms with Crippen LogP contribution in [-0.2, 0) is 16.0 Å². The summed E-state index contributed by atoms with van der Waals surface area (Å²) in [6, 6.07) is 2.00. The first-order valence-corrected chi connectivity index (χ1v) is 10.0. The van der Waals surface area contributed by atoms with Gasteiger partial charge in [0.05, 0.1) is 0 Å². The molecule has 3 rings (SSSR count). The van der Waals surface area contributed by atoms with E-state index in [4.69, 9.17) is 0 Å². The molecule has 0 saturated carbocycles. The van der Waals surface area contributed by atoms with E-state index in [1.807, 2.05) is 11.4 Å². The number of aliphatic carboxylic acids is 1. The molecule has 2 aliphatic rings. The van der Waals surface area contributed by atoms with Crippen molar-refractivity contribution in [1.29, 1.82) is 0 Å². The Labute approximate surface area is 136 Å². The zero-order valence-electron chi connectivity index (χ0n) is 11.5. The third-order valence-corrected chi connectivity index (χ3v) is 7.26. The highest BCUT2D eigenvalue weighted by atomic mass is 32.2. The molecule has 1 atom stereocenters. The number of aryl methyl sites for hydroxylation is 1. The molecule has 114 valence electrons. The molecule has 0 radical (unpaired) electrons. The summed E-state index contributed by atoms with van der Waals surface area (Å²) in [6.07, 6.45) is 2.02. The van der Waals surface area contributed by atoms with Crippen LogP contribution in [-0.4, -0.2) is 39.8 Å². The molecule has 2 N–H and O–H groups in total. The van der Waals surface area contributed by atoms with Gasteiger partial charge in [-0.3, -0.25) is 4.79 Å². The van der Waals surface area contributed by atoms with Gasteiger partial charge in [0, 0.05) is 4.88 Å². The summed E-state index contributed by atoms with van der Waals surface area (Å²) in [4.78, 5) is 25.6. The number of rotatable bonds is 3.